The lowest BCUT2D eigenvalue weighted by molar-refractivity contribution is -0.122. The third kappa shape index (κ3) is 4.40. The van der Waals surface area contributed by atoms with Gasteiger partial charge < -0.3 is 14.8 Å². The van der Waals surface area contributed by atoms with Crippen molar-refractivity contribution in [3.05, 3.63) is 23.7 Å². The van der Waals surface area contributed by atoms with Gasteiger partial charge in [-0.1, -0.05) is 6.92 Å². The van der Waals surface area contributed by atoms with E-state index in [9.17, 15) is 9.59 Å². The summed E-state index contributed by atoms with van der Waals surface area (Å²) < 4.78 is 5.22. The molecular weight excluding hydrogens is 248 g/mol. The maximum absolute atomic E-state index is 11.6. The van der Waals surface area contributed by atoms with Crippen molar-refractivity contribution < 1.29 is 19.1 Å². The first-order chi connectivity index (χ1) is 8.95. The Morgan fingerprint density at radius 3 is 2.68 bits per heavy atom. The standard InChI is InChI=1S/C13H20N2O4/c1-4-7-14-12(16)8-15(3)9(2)10-5-6-11(19-10)13(17)18/h5-6,9H,4,7-8H2,1-3H3,(H,14,16)(H,17,18). The highest BCUT2D eigenvalue weighted by atomic mass is 16.4. The maximum Gasteiger partial charge on any atom is 0.371 e. The van der Waals surface area contributed by atoms with E-state index in [2.05, 4.69) is 5.32 Å². The van der Waals surface area contributed by atoms with Crippen LogP contribution in [0.2, 0.25) is 0 Å². The third-order valence-corrected chi connectivity index (χ3v) is 2.88. The fraction of sp³-hybridized carbons (Fsp3) is 0.538. The van der Waals surface area contributed by atoms with Gasteiger partial charge in [0.15, 0.2) is 0 Å². The Hall–Kier alpha value is -1.82. The molecule has 1 unspecified atom stereocenters. The van der Waals surface area contributed by atoms with Gasteiger partial charge >= 0.3 is 5.97 Å². The Labute approximate surface area is 112 Å². The van der Waals surface area contributed by atoms with Crippen molar-refractivity contribution in [2.75, 3.05) is 20.1 Å². The van der Waals surface area contributed by atoms with Gasteiger partial charge in [0.1, 0.15) is 5.76 Å². The third-order valence-electron chi connectivity index (χ3n) is 2.88. The second-order valence-corrected chi connectivity index (χ2v) is 4.45. The number of nitrogens with one attached hydrogen (secondary N) is 1. The molecule has 1 rings (SSSR count). The fourth-order valence-corrected chi connectivity index (χ4v) is 1.59. The number of carbonyl (C=O) groups excluding carboxylic acids is 1. The number of rotatable bonds is 7. The second kappa shape index (κ2) is 6.94. The van der Waals surface area contributed by atoms with Crippen molar-refractivity contribution in [3.63, 3.8) is 0 Å². The van der Waals surface area contributed by atoms with Gasteiger partial charge in [0.25, 0.3) is 0 Å². The van der Waals surface area contributed by atoms with Crippen molar-refractivity contribution in [2.45, 2.75) is 26.3 Å². The summed E-state index contributed by atoms with van der Waals surface area (Å²) in [7, 11) is 1.79. The topological polar surface area (TPSA) is 82.8 Å². The molecule has 0 fully saturated rings. The Morgan fingerprint density at radius 2 is 2.16 bits per heavy atom. The van der Waals surface area contributed by atoms with Crippen LogP contribution in [0.15, 0.2) is 16.5 Å². The van der Waals surface area contributed by atoms with E-state index < -0.39 is 5.97 Å². The number of aromatic carboxylic acids is 1. The molecule has 1 aromatic rings. The van der Waals surface area contributed by atoms with Crippen molar-refractivity contribution >= 4 is 11.9 Å². The monoisotopic (exact) mass is 268 g/mol. The van der Waals surface area contributed by atoms with Crippen LogP contribution in [0.25, 0.3) is 0 Å². The van der Waals surface area contributed by atoms with E-state index in [0.29, 0.717) is 12.3 Å². The molecule has 19 heavy (non-hydrogen) atoms. The van der Waals surface area contributed by atoms with E-state index in [1.807, 2.05) is 13.8 Å². The number of hydrogen-bond donors (Lipinski definition) is 2. The molecule has 0 saturated heterocycles. The summed E-state index contributed by atoms with van der Waals surface area (Å²) in [6, 6.07) is 2.87. The van der Waals surface area contributed by atoms with Crippen molar-refractivity contribution in [1.29, 1.82) is 0 Å². The number of amides is 1. The minimum Gasteiger partial charge on any atom is -0.475 e. The molecule has 1 atom stereocenters. The van der Waals surface area contributed by atoms with E-state index in [0.717, 1.165) is 6.42 Å². The summed E-state index contributed by atoms with van der Waals surface area (Å²) in [5, 5.41) is 11.6. The first kappa shape index (κ1) is 15.2. The molecule has 0 spiro atoms. The minimum absolute atomic E-state index is 0.0544. The molecule has 0 bridgehead atoms. The van der Waals surface area contributed by atoms with Crippen LogP contribution in [0, 0.1) is 0 Å². The molecule has 0 saturated carbocycles. The summed E-state index contributed by atoms with van der Waals surface area (Å²) in [5.41, 5.74) is 0. The molecule has 0 aromatic carbocycles. The van der Waals surface area contributed by atoms with Crippen molar-refractivity contribution in [3.8, 4) is 0 Å². The van der Waals surface area contributed by atoms with Crippen LogP contribution in [0.1, 0.15) is 42.6 Å². The number of carboxylic acid groups (broad SMARTS) is 1. The molecule has 0 aliphatic carbocycles. The molecule has 1 aromatic heterocycles. The normalized spacial score (nSPS) is 12.4. The van der Waals surface area contributed by atoms with Gasteiger partial charge in [-0.05, 0) is 32.5 Å². The number of furan rings is 1. The van der Waals surface area contributed by atoms with Gasteiger partial charge in [-0.2, -0.15) is 0 Å². The lowest BCUT2D eigenvalue weighted by atomic mass is 10.2. The number of hydrogen-bond acceptors (Lipinski definition) is 4. The lowest BCUT2D eigenvalue weighted by Crippen LogP contribution is -2.36. The molecule has 1 amide bonds. The van der Waals surface area contributed by atoms with E-state index in [1.165, 1.54) is 6.07 Å². The first-order valence-corrected chi connectivity index (χ1v) is 6.25. The molecule has 0 aliphatic heterocycles. The van der Waals surface area contributed by atoms with Crippen LogP contribution >= 0.6 is 0 Å². The molecule has 1 heterocycles. The van der Waals surface area contributed by atoms with Gasteiger partial charge in [-0.15, -0.1) is 0 Å². The van der Waals surface area contributed by atoms with Gasteiger partial charge in [-0.3, -0.25) is 9.69 Å². The van der Waals surface area contributed by atoms with Crippen molar-refractivity contribution in [1.82, 2.24) is 10.2 Å². The number of likely N-dealkylation sites (N-methyl/N-ethyl adjacent to an activating group) is 1. The molecular formula is C13H20N2O4. The highest BCUT2D eigenvalue weighted by Crippen LogP contribution is 2.20. The lowest BCUT2D eigenvalue weighted by Gasteiger charge is -2.22. The van der Waals surface area contributed by atoms with Gasteiger partial charge in [-0.25, -0.2) is 4.79 Å². The van der Waals surface area contributed by atoms with Crippen LogP contribution in [0.4, 0.5) is 0 Å². The minimum atomic E-state index is -1.10. The molecule has 6 heteroatoms. The Morgan fingerprint density at radius 1 is 1.47 bits per heavy atom. The highest BCUT2D eigenvalue weighted by molar-refractivity contribution is 5.84. The Kier molecular flexibility index (Phi) is 5.57. The van der Waals surface area contributed by atoms with Crippen LogP contribution in [0.5, 0.6) is 0 Å². The summed E-state index contributed by atoms with van der Waals surface area (Å²) in [5.74, 6) is -0.711. The fourth-order valence-electron chi connectivity index (χ4n) is 1.59. The summed E-state index contributed by atoms with van der Waals surface area (Å²) in [6.45, 7) is 4.75. The van der Waals surface area contributed by atoms with Gasteiger partial charge in [0, 0.05) is 6.54 Å². The summed E-state index contributed by atoms with van der Waals surface area (Å²) in [6.07, 6.45) is 0.894. The molecule has 0 aliphatic rings. The smallest absolute Gasteiger partial charge is 0.371 e. The van der Waals surface area contributed by atoms with E-state index in [-0.39, 0.29) is 24.3 Å². The first-order valence-electron chi connectivity index (χ1n) is 6.25. The zero-order chi connectivity index (χ0) is 14.4. The van der Waals surface area contributed by atoms with E-state index in [1.54, 1.807) is 18.0 Å². The average molecular weight is 268 g/mol. The van der Waals surface area contributed by atoms with E-state index in [4.69, 9.17) is 9.52 Å². The number of carbonyl (C=O) groups is 2. The van der Waals surface area contributed by atoms with Crippen LogP contribution in [0.3, 0.4) is 0 Å². The Balaban J connectivity index is 2.57. The molecule has 2 N–H and O–H groups in total. The summed E-state index contributed by atoms with van der Waals surface area (Å²) >= 11 is 0. The predicted molar refractivity (Wildman–Crippen MR) is 70.0 cm³/mol. The van der Waals surface area contributed by atoms with Crippen LogP contribution in [-0.4, -0.2) is 42.0 Å². The van der Waals surface area contributed by atoms with E-state index >= 15 is 0 Å². The molecule has 6 nitrogen and oxygen atoms in total. The van der Waals surface area contributed by atoms with Crippen LogP contribution in [-0.2, 0) is 4.79 Å². The number of carboxylic acids is 1. The maximum atomic E-state index is 11.6. The Bertz CT molecular complexity index is 442. The predicted octanol–water partition coefficient (Wildman–Crippen LogP) is 1.50. The molecule has 0 radical (unpaired) electrons. The van der Waals surface area contributed by atoms with Gasteiger partial charge in [0.05, 0.1) is 12.6 Å². The largest absolute Gasteiger partial charge is 0.475 e. The van der Waals surface area contributed by atoms with Crippen molar-refractivity contribution in [2.24, 2.45) is 0 Å². The SMILES string of the molecule is CCCNC(=O)CN(C)C(C)c1ccc(C(=O)O)o1. The molecule has 106 valence electrons. The zero-order valence-electron chi connectivity index (χ0n) is 11.5. The second-order valence-electron chi connectivity index (χ2n) is 4.45. The number of nitrogens with zero attached hydrogens (tertiary/aromatic N) is 1. The average Bonchev–Trinajstić information content (AvgIpc) is 2.84. The highest BCUT2D eigenvalue weighted by Gasteiger charge is 2.19. The van der Waals surface area contributed by atoms with Crippen LogP contribution < -0.4 is 5.32 Å². The van der Waals surface area contributed by atoms with Gasteiger partial charge in [0.2, 0.25) is 11.7 Å². The quantitative estimate of drug-likeness (QED) is 0.783. The summed E-state index contributed by atoms with van der Waals surface area (Å²) in [4.78, 5) is 24.1. The zero-order valence-corrected chi connectivity index (χ0v) is 11.5.